The maximum absolute atomic E-state index is 14.3. The molecule has 1 aliphatic heterocycles. The first-order valence-electron chi connectivity index (χ1n) is 10.5. The zero-order chi connectivity index (χ0) is 22.9. The van der Waals surface area contributed by atoms with Gasteiger partial charge in [0.25, 0.3) is 0 Å². The van der Waals surface area contributed by atoms with Crippen molar-refractivity contribution in [1.29, 1.82) is 0 Å². The van der Waals surface area contributed by atoms with Crippen molar-refractivity contribution in [3.8, 4) is 11.5 Å². The Kier molecular flexibility index (Phi) is 6.38. The van der Waals surface area contributed by atoms with E-state index in [4.69, 9.17) is 10.3 Å². The van der Waals surface area contributed by atoms with E-state index in [-0.39, 0.29) is 29.9 Å². The van der Waals surface area contributed by atoms with Crippen LogP contribution in [0.5, 0.6) is 0 Å². The number of nitrogens with zero attached hydrogens (tertiary/aromatic N) is 4. The van der Waals surface area contributed by atoms with Crippen LogP contribution in [0.1, 0.15) is 18.7 Å². The molecule has 2 atom stereocenters. The zero-order valence-corrected chi connectivity index (χ0v) is 17.7. The summed E-state index contributed by atoms with van der Waals surface area (Å²) in [5.41, 5.74) is 6.75. The highest BCUT2D eigenvalue weighted by atomic mass is 19.4. The lowest BCUT2D eigenvalue weighted by Gasteiger charge is -2.32. The zero-order valence-electron chi connectivity index (χ0n) is 17.7. The molecule has 4 rings (SSSR count). The lowest BCUT2D eigenvalue weighted by atomic mass is 9.92. The number of hydrogen-bond donors (Lipinski definition) is 2. The molecule has 3 heterocycles. The van der Waals surface area contributed by atoms with Crippen molar-refractivity contribution < 1.29 is 22.1 Å². The Morgan fingerprint density at radius 1 is 1.31 bits per heavy atom. The van der Waals surface area contributed by atoms with Crippen molar-refractivity contribution in [2.45, 2.75) is 38.3 Å². The Labute approximate surface area is 182 Å². The minimum atomic E-state index is -4.44. The molecule has 0 amide bonds. The van der Waals surface area contributed by atoms with E-state index in [1.165, 1.54) is 0 Å². The molecule has 174 valence electrons. The Hall–Kier alpha value is -2.66. The van der Waals surface area contributed by atoms with Gasteiger partial charge < -0.3 is 25.0 Å². The van der Waals surface area contributed by atoms with Gasteiger partial charge in [-0.15, -0.1) is 0 Å². The minimum absolute atomic E-state index is 0.00811. The predicted molar refractivity (Wildman–Crippen MR) is 113 cm³/mol. The average Bonchev–Trinajstić information content (AvgIpc) is 3.34. The topological polar surface area (TPSA) is 85.1 Å². The fourth-order valence-electron chi connectivity index (χ4n) is 4.24. The monoisotopic (exact) mass is 454 g/mol. The molecular formula is C21H26F4N6O. The highest BCUT2D eigenvalue weighted by Gasteiger charge is 2.31. The van der Waals surface area contributed by atoms with Gasteiger partial charge in [-0.1, -0.05) is 11.2 Å². The van der Waals surface area contributed by atoms with E-state index in [0.29, 0.717) is 36.1 Å². The van der Waals surface area contributed by atoms with Gasteiger partial charge in [-0.2, -0.15) is 18.2 Å². The van der Waals surface area contributed by atoms with Gasteiger partial charge in [0.2, 0.25) is 11.7 Å². The van der Waals surface area contributed by atoms with E-state index in [9.17, 15) is 17.6 Å². The van der Waals surface area contributed by atoms with Gasteiger partial charge in [-0.05, 0) is 50.6 Å². The van der Waals surface area contributed by atoms with Gasteiger partial charge >= 0.3 is 6.18 Å². The van der Waals surface area contributed by atoms with E-state index >= 15 is 0 Å². The van der Waals surface area contributed by atoms with E-state index < -0.39 is 18.9 Å². The maximum Gasteiger partial charge on any atom is 0.406 e. The van der Waals surface area contributed by atoms with Crippen LogP contribution in [0.2, 0.25) is 0 Å². The molecular weight excluding hydrogens is 428 g/mol. The van der Waals surface area contributed by atoms with Crippen molar-refractivity contribution >= 4 is 16.6 Å². The summed E-state index contributed by atoms with van der Waals surface area (Å²) in [6, 6.07) is 6.72. The third-order valence-corrected chi connectivity index (χ3v) is 5.86. The molecule has 0 saturated carbocycles. The van der Waals surface area contributed by atoms with Crippen LogP contribution < -0.4 is 11.1 Å². The van der Waals surface area contributed by atoms with Gasteiger partial charge in [0.05, 0.1) is 17.8 Å². The van der Waals surface area contributed by atoms with Gasteiger partial charge in [-0.3, -0.25) is 0 Å². The van der Waals surface area contributed by atoms with Crippen LogP contribution in [0.25, 0.3) is 22.4 Å². The number of piperidine rings is 1. The summed E-state index contributed by atoms with van der Waals surface area (Å²) in [7, 11) is 1.91. The Morgan fingerprint density at radius 3 is 2.81 bits per heavy atom. The predicted octanol–water partition coefficient (Wildman–Crippen LogP) is 3.80. The number of benzene rings is 1. The third kappa shape index (κ3) is 4.88. The lowest BCUT2D eigenvalue weighted by Crippen LogP contribution is -2.39. The number of halogens is 4. The first kappa shape index (κ1) is 22.5. The Morgan fingerprint density at radius 2 is 2.12 bits per heavy atom. The highest BCUT2D eigenvalue weighted by Crippen LogP contribution is 2.34. The number of hydrogen-bond acceptors (Lipinski definition) is 6. The van der Waals surface area contributed by atoms with Crippen LogP contribution in [0, 0.1) is 5.92 Å². The number of likely N-dealkylation sites (tertiary alicyclic amines) is 1. The van der Waals surface area contributed by atoms with E-state index in [0.717, 1.165) is 17.5 Å². The molecule has 0 bridgehead atoms. The molecule has 1 aromatic carbocycles. The standard InChI is InChI=1S/C21H26F4N6O/c1-30-8-6-13(15(22)11-30)5-7-27-16-3-2-4-17-14(16)9-18(31(17)12-21(23,24)25)20-28-19(10-26)32-29-20/h2-4,9,13,15,27H,5-8,10-12,26H2,1H3/t13-,15+/m1/s1. The van der Waals surface area contributed by atoms with Crippen LogP contribution in [0.3, 0.4) is 0 Å². The van der Waals surface area contributed by atoms with Gasteiger partial charge in [0.15, 0.2) is 0 Å². The number of rotatable bonds is 7. The number of aromatic nitrogens is 3. The second-order valence-electron chi connectivity index (χ2n) is 8.23. The summed E-state index contributed by atoms with van der Waals surface area (Å²) in [6.45, 7) is 0.610. The van der Waals surface area contributed by atoms with Crippen LogP contribution >= 0.6 is 0 Å². The molecule has 3 aromatic rings. The molecule has 11 heteroatoms. The molecule has 1 aliphatic rings. The van der Waals surface area contributed by atoms with Crippen LogP contribution in [-0.2, 0) is 13.1 Å². The first-order valence-corrected chi connectivity index (χ1v) is 10.5. The van der Waals surface area contributed by atoms with Gasteiger partial charge in [0, 0.05) is 24.2 Å². The number of alkyl halides is 4. The molecule has 1 fully saturated rings. The molecule has 0 aliphatic carbocycles. The van der Waals surface area contributed by atoms with Gasteiger partial charge in [0.1, 0.15) is 12.7 Å². The number of nitrogens with two attached hydrogens (primary N) is 1. The lowest BCUT2D eigenvalue weighted by molar-refractivity contribution is -0.139. The third-order valence-electron chi connectivity index (χ3n) is 5.86. The summed E-state index contributed by atoms with van der Waals surface area (Å²) >= 11 is 0. The van der Waals surface area contributed by atoms with Crippen molar-refractivity contribution in [2.24, 2.45) is 11.7 Å². The summed E-state index contributed by atoms with van der Waals surface area (Å²) in [5, 5.41) is 7.67. The summed E-state index contributed by atoms with van der Waals surface area (Å²) < 4.78 is 60.4. The summed E-state index contributed by atoms with van der Waals surface area (Å²) in [4.78, 5) is 6.08. The molecule has 0 radical (unpaired) electrons. The van der Waals surface area contributed by atoms with Crippen molar-refractivity contribution in [1.82, 2.24) is 19.6 Å². The normalized spacial score (nSPS) is 20.2. The second-order valence-corrected chi connectivity index (χ2v) is 8.23. The molecule has 3 N–H and O–H groups in total. The number of fused-ring (bicyclic) bond motifs is 1. The Bertz CT molecular complexity index is 1060. The van der Waals surface area contributed by atoms with Crippen molar-refractivity contribution in [3.05, 3.63) is 30.2 Å². The fraction of sp³-hybridized carbons (Fsp3) is 0.524. The van der Waals surface area contributed by atoms with Crippen LogP contribution in [0.15, 0.2) is 28.8 Å². The fourth-order valence-corrected chi connectivity index (χ4v) is 4.24. The van der Waals surface area contributed by atoms with E-state index in [1.54, 1.807) is 24.3 Å². The number of anilines is 1. The smallest absolute Gasteiger partial charge is 0.384 e. The van der Waals surface area contributed by atoms with Gasteiger partial charge in [-0.25, -0.2) is 4.39 Å². The molecule has 7 nitrogen and oxygen atoms in total. The molecule has 1 saturated heterocycles. The maximum atomic E-state index is 14.3. The van der Waals surface area contributed by atoms with Crippen molar-refractivity contribution in [2.75, 3.05) is 32.0 Å². The molecule has 2 aromatic heterocycles. The van der Waals surface area contributed by atoms with E-state index in [2.05, 4.69) is 15.5 Å². The quantitative estimate of drug-likeness (QED) is 0.529. The second kappa shape index (κ2) is 9.07. The van der Waals surface area contributed by atoms with Crippen molar-refractivity contribution in [3.63, 3.8) is 0 Å². The summed E-state index contributed by atoms with van der Waals surface area (Å²) in [6.07, 6.45) is -3.88. The molecule has 0 spiro atoms. The minimum Gasteiger partial charge on any atom is -0.384 e. The van der Waals surface area contributed by atoms with Crippen LogP contribution in [0.4, 0.5) is 23.2 Å². The largest absolute Gasteiger partial charge is 0.406 e. The summed E-state index contributed by atoms with van der Waals surface area (Å²) in [5.74, 6) is 0.154. The molecule has 32 heavy (non-hydrogen) atoms. The van der Waals surface area contributed by atoms with E-state index in [1.807, 2.05) is 11.9 Å². The average molecular weight is 454 g/mol. The first-order chi connectivity index (χ1) is 15.2. The Balaban J connectivity index is 1.61. The van der Waals surface area contributed by atoms with Crippen LogP contribution in [-0.4, -0.2) is 58.6 Å². The molecule has 0 unspecified atom stereocenters. The SMILES string of the molecule is CN1CC[C@@H](CCNc2cccc3c2cc(-c2noc(CN)n2)n3CC(F)(F)F)[C@@H](F)C1. The number of nitrogens with one attached hydrogen (secondary N) is 1. The highest BCUT2D eigenvalue weighted by molar-refractivity contribution is 5.96.